The number of carbonyl (C=O) groups excluding carboxylic acids is 2. The van der Waals surface area contributed by atoms with Crippen LogP contribution in [0.1, 0.15) is 42.8 Å². The molecule has 2 aromatic rings. The van der Waals surface area contributed by atoms with Gasteiger partial charge in [-0.25, -0.2) is 0 Å². The zero-order valence-electron chi connectivity index (χ0n) is 19.2. The van der Waals surface area contributed by atoms with Crippen LogP contribution in [-0.4, -0.2) is 64.1 Å². The Labute approximate surface area is 185 Å². The lowest BCUT2D eigenvalue weighted by molar-refractivity contribution is -0.134. The second-order valence-corrected chi connectivity index (χ2v) is 8.82. The molecule has 0 spiro atoms. The number of amides is 2. The Morgan fingerprint density at radius 1 is 1.06 bits per heavy atom. The molecule has 2 heterocycles. The molecule has 2 amide bonds. The number of carbonyl (C=O) groups is 2. The number of piperazine rings is 1. The highest BCUT2D eigenvalue weighted by Gasteiger charge is 2.23. The first-order chi connectivity index (χ1) is 14.8. The first-order valence-electron chi connectivity index (χ1n) is 11.2. The Bertz CT molecular complexity index is 883. The molecule has 0 atom stereocenters. The third kappa shape index (κ3) is 6.40. The molecule has 0 aliphatic carbocycles. The molecule has 31 heavy (non-hydrogen) atoms. The summed E-state index contributed by atoms with van der Waals surface area (Å²) < 4.78 is 2.00. The molecule has 1 fully saturated rings. The zero-order valence-corrected chi connectivity index (χ0v) is 19.2. The van der Waals surface area contributed by atoms with E-state index in [1.54, 1.807) is 0 Å². The van der Waals surface area contributed by atoms with E-state index in [2.05, 4.69) is 48.2 Å². The van der Waals surface area contributed by atoms with Gasteiger partial charge < -0.3 is 10.2 Å². The lowest BCUT2D eigenvalue weighted by Crippen LogP contribution is -2.51. The van der Waals surface area contributed by atoms with Crippen LogP contribution in [0.2, 0.25) is 0 Å². The van der Waals surface area contributed by atoms with E-state index in [1.807, 2.05) is 34.7 Å². The van der Waals surface area contributed by atoms with Gasteiger partial charge >= 0.3 is 0 Å². The normalized spacial score (nSPS) is 14.8. The summed E-state index contributed by atoms with van der Waals surface area (Å²) >= 11 is 0. The van der Waals surface area contributed by atoms with Crippen molar-refractivity contribution in [2.45, 2.75) is 47.2 Å². The monoisotopic (exact) mass is 425 g/mol. The van der Waals surface area contributed by atoms with Crippen LogP contribution in [0.5, 0.6) is 0 Å². The molecule has 1 N–H and O–H groups in total. The lowest BCUT2D eigenvalue weighted by atomic mass is 10.1. The van der Waals surface area contributed by atoms with Crippen molar-refractivity contribution in [2.24, 2.45) is 5.92 Å². The number of aryl methyl sites for hydroxylation is 1. The SMILES string of the molecule is Cc1nn(Cc2ccccc2)c(C)c1CNC(=O)CN1CCN(C(=O)CC(C)C)CC1. The topological polar surface area (TPSA) is 70.5 Å². The molecule has 3 rings (SSSR count). The molecule has 1 aromatic carbocycles. The minimum atomic E-state index is 0.0107. The average Bonchev–Trinajstić information content (AvgIpc) is 2.99. The molecule has 1 aliphatic rings. The second kappa shape index (κ2) is 10.6. The van der Waals surface area contributed by atoms with Crippen molar-refractivity contribution in [1.29, 1.82) is 0 Å². The average molecular weight is 426 g/mol. The van der Waals surface area contributed by atoms with Crippen LogP contribution in [0.25, 0.3) is 0 Å². The van der Waals surface area contributed by atoms with Gasteiger partial charge in [0.25, 0.3) is 0 Å². The standard InChI is InChI=1S/C24H35N5O2/c1-18(2)14-24(31)28-12-10-27(11-13-28)17-23(30)25-15-22-19(3)26-29(20(22)4)16-21-8-6-5-7-9-21/h5-9,18H,10-17H2,1-4H3,(H,25,30). The number of hydrogen-bond acceptors (Lipinski definition) is 4. The molecule has 1 saturated heterocycles. The fourth-order valence-electron chi connectivity index (χ4n) is 3.98. The van der Waals surface area contributed by atoms with Gasteiger partial charge in [0.2, 0.25) is 11.8 Å². The van der Waals surface area contributed by atoms with Gasteiger partial charge in [-0.05, 0) is 25.3 Å². The van der Waals surface area contributed by atoms with Crippen LogP contribution >= 0.6 is 0 Å². The van der Waals surface area contributed by atoms with Gasteiger partial charge in [0.1, 0.15) is 0 Å². The maximum Gasteiger partial charge on any atom is 0.234 e. The number of rotatable bonds is 8. The summed E-state index contributed by atoms with van der Waals surface area (Å²) in [4.78, 5) is 28.7. The van der Waals surface area contributed by atoms with E-state index in [1.165, 1.54) is 5.56 Å². The van der Waals surface area contributed by atoms with Crippen molar-refractivity contribution in [3.8, 4) is 0 Å². The molecule has 1 aliphatic heterocycles. The Hall–Kier alpha value is -2.67. The van der Waals surface area contributed by atoms with Crippen LogP contribution in [0.4, 0.5) is 0 Å². The number of hydrogen-bond donors (Lipinski definition) is 1. The van der Waals surface area contributed by atoms with E-state index in [0.29, 0.717) is 38.5 Å². The van der Waals surface area contributed by atoms with E-state index >= 15 is 0 Å². The van der Waals surface area contributed by atoms with Gasteiger partial charge in [-0.15, -0.1) is 0 Å². The number of benzene rings is 1. The molecule has 0 saturated carbocycles. The second-order valence-electron chi connectivity index (χ2n) is 8.82. The van der Waals surface area contributed by atoms with E-state index in [4.69, 9.17) is 0 Å². The highest BCUT2D eigenvalue weighted by Crippen LogP contribution is 2.15. The van der Waals surface area contributed by atoms with Gasteiger partial charge in [0.05, 0.1) is 18.8 Å². The molecular weight excluding hydrogens is 390 g/mol. The summed E-state index contributed by atoms with van der Waals surface area (Å²) in [6.07, 6.45) is 0.594. The van der Waals surface area contributed by atoms with Crippen molar-refractivity contribution in [2.75, 3.05) is 32.7 Å². The Morgan fingerprint density at radius 2 is 1.74 bits per heavy atom. The predicted molar refractivity (Wildman–Crippen MR) is 122 cm³/mol. The summed E-state index contributed by atoms with van der Waals surface area (Å²) in [5.41, 5.74) is 4.31. The largest absolute Gasteiger partial charge is 0.351 e. The number of nitrogens with zero attached hydrogens (tertiary/aromatic N) is 4. The van der Waals surface area contributed by atoms with E-state index in [-0.39, 0.29) is 11.8 Å². The summed E-state index contributed by atoms with van der Waals surface area (Å²) in [7, 11) is 0. The third-order valence-corrected chi connectivity index (χ3v) is 5.84. The number of aromatic nitrogens is 2. The van der Waals surface area contributed by atoms with Gasteiger partial charge in [-0.2, -0.15) is 5.10 Å². The number of nitrogens with one attached hydrogen (secondary N) is 1. The predicted octanol–water partition coefficient (Wildman–Crippen LogP) is 2.35. The summed E-state index contributed by atoms with van der Waals surface area (Å²) in [5.74, 6) is 0.606. The van der Waals surface area contributed by atoms with Crippen LogP contribution in [0.15, 0.2) is 30.3 Å². The van der Waals surface area contributed by atoms with Crippen LogP contribution < -0.4 is 5.32 Å². The maximum atomic E-state index is 12.5. The zero-order chi connectivity index (χ0) is 22.4. The Kier molecular flexibility index (Phi) is 7.85. The van der Waals surface area contributed by atoms with E-state index in [9.17, 15) is 9.59 Å². The smallest absolute Gasteiger partial charge is 0.234 e. The Balaban J connectivity index is 1.46. The molecule has 0 bridgehead atoms. The molecule has 0 radical (unpaired) electrons. The minimum absolute atomic E-state index is 0.0107. The van der Waals surface area contributed by atoms with Crippen molar-refractivity contribution < 1.29 is 9.59 Å². The van der Waals surface area contributed by atoms with Crippen LogP contribution in [0, 0.1) is 19.8 Å². The van der Waals surface area contributed by atoms with Crippen molar-refractivity contribution in [1.82, 2.24) is 24.9 Å². The quantitative estimate of drug-likeness (QED) is 0.705. The van der Waals surface area contributed by atoms with Gasteiger partial charge in [-0.3, -0.25) is 19.2 Å². The lowest BCUT2D eigenvalue weighted by Gasteiger charge is -2.34. The Morgan fingerprint density at radius 3 is 2.39 bits per heavy atom. The minimum Gasteiger partial charge on any atom is -0.351 e. The fourth-order valence-corrected chi connectivity index (χ4v) is 3.98. The molecule has 7 heteroatoms. The van der Waals surface area contributed by atoms with Crippen molar-refractivity contribution >= 4 is 11.8 Å². The highest BCUT2D eigenvalue weighted by molar-refractivity contribution is 5.78. The third-order valence-electron chi connectivity index (χ3n) is 5.84. The van der Waals surface area contributed by atoms with Crippen molar-refractivity contribution in [3.63, 3.8) is 0 Å². The van der Waals surface area contributed by atoms with E-state index < -0.39 is 0 Å². The molecule has 168 valence electrons. The molecule has 0 unspecified atom stereocenters. The van der Waals surface area contributed by atoms with Gasteiger partial charge in [0, 0.05) is 50.4 Å². The molecule has 1 aromatic heterocycles. The maximum absolute atomic E-state index is 12.5. The highest BCUT2D eigenvalue weighted by atomic mass is 16.2. The molecule has 7 nitrogen and oxygen atoms in total. The van der Waals surface area contributed by atoms with Gasteiger partial charge in [0.15, 0.2) is 0 Å². The first kappa shape index (κ1) is 23.0. The first-order valence-corrected chi connectivity index (χ1v) is 11.2. The fraction of sp³-hybridized carbons (Fsp3) is 0.542. The van der Waals surface area contributed by atoms with Crippen LogP contribution in [-0.2, 0) is 22.7 Å². The summed E-state index contributed by atoms with van der Waals surface area (Å²) in [5, 5.41) is 7.71. The van der Waals surface area contributed by atoms with Crippen molar-refractivity contribution in [3.05, 3.63) is 52.8 Å². The summed E-state index contributed by atoms with van der Waals surface area (Å²) in [6, 6.07) is 10.3. The van der Waals surface area contributed by atoms with Crippen LogP contribution in [0.3, 0.4) is 0 Å². The van der Waals surface area contributed by atoms with Gasteiger partial charge in [-0.1, -0.05) is 44.2 Å². The van der Waals surface area contributed by atoms with E-state index in [0.717, 1.165) is 36.6 Å². The summed E-state index contributed by atoms with van der Waals surface area (Å²) in [6.45, 7) is 12.6. The molecular formula is C24H35N5O2.